The number of benzene rings is 1. The Bertz CT molecular complexity index is 618. The summed E-state index contributed by atoms with van der Waals surface area (Å²) in [7, 11) is 0. The van der Waals surface area contributed by atoms with E-state index in [1.165, 1.54) is 12.3 Å². The van der Waals surface area contributed by atoms with Crippen LogP contribution in [0.3, 0.4) is 0 Å². The second kappa shape index (κ2) is 6.48. The third kappa shape index (κ3) is 4.03. The molecule has 2 aromatic rings. The molecule has 0 radical (unpaired) electrons. The minimum Gasteiger partial charge on any atom is -0.349 e. The van der Waals surface area contributed by atoms with E-state index in [4.69, 9.17) is 11.6 Å². The summed E-state index contributed by atoms with van der Waals surface area (Å²) in [5.41, 5.74) is 1.29. The van der Waals surface area contributed by atoms with Crippen molar-refractivity contribution in [3.63, 3.8) is 0 Å². The Kier molecular flexibility index (Phi) is 4.69. The molecular formula is C15H14ClFN2O. The molecule has 1 heterocycles. The van der Waals surface area contributed by atoms with Crippen LogP contribution in [0.1, 0.15) is 22.8 Å². The van der Waals surface area contributed by atoms with E-state index in [1.54, 1.807) is 6.07 Å². The predicted molar refractivity (Wildman–Crippen MR) is 76.3 cm³/mol. The van der Waals surface area contributed by atoms with Gasteiger partial charge >= 0.3 is 0 Å². The molecule has 1 aromatic heterocycles. The molecule has 1 N–H and O–H groups in total. The Hall–Kier alpha value is -1.94. The largest absolute Gasteiger partial charge is 0.349 e. The molecule has 0 spiro atoms. The molecule has 0 aliphatic heterocycles. The molecule has 0 aliphatic carbocycles. The fourth-order valence-corrected chi connectivity index (χ4v) is 2.13. The fraction of sp³-hybridized carbons (Fsp3) is 0.200. The molecule has 104 valence electrons. The molecule has 1 amide bonds. The van der Waals surface area contributed by atoms with Crippen molar-refractivity contribution in [2.24, 2.45) is 0 Å². The number of nitrogens with one attached hydrogen (secondary N) is 1. The third-order valence-corrected chi connectivity index (χ3v) is 3.03. The Balaban J connectivity index is 1.97. The number of carbonyl (C=O) groups excluding carboxylic acids is 1. The maximum absolute atomic E-state index is 13.0. The molecule has 1 atom stereocenters. The summed E-state index contributed by atoms with van der Waals surface area (Å²) in [4.78, 5) is 15.4. The zero-order valence-corrected chi connectivity index (χ0v) is 11.7. The van der Waals surface area contributed by atoms with Gasteiger partial charge in [0.2, 0.25) is 5.95 Å². The van der Waals surface area contributed by atoms with E-state index in [1.807, 2.05) is 25.1 Å². The van der Waals surface area contributed by atoms with Gasteiger partial charge in [0.1, 0.15) is 0 Å². The lowest BCUT2D eigenvalue weighted by Gasteiger charge is -2.14. The lowest BCUT2D eigenvalue weighted by atomic mass is 10.1. The number of carbonyl (C=O) groups is 1. The average Bonchev–Trinajstić information content (AvgIpc) is 2.38. The van der Waals surface area contributed by atoms with Gasteiger partial charge in [-0.25, -0.2) is 4.98 Å². The topological polar surface area (TPSA) is 42.0 Å². The normalized spacial score (nSPS) is 11.9. The van der Waals surface area contributed by atoms with Crippen LogP contribution in [0.5, 0.6) is 0 Å². The van der Waals surface area contributed by atoms with E-state index in [9.17, 15) is 9.18 Å². The van der Waals surface area contributed by atoms with Crippen molar-refractivity contribution >= 4 is 17.5 Å². The van der Waals surface area contributed by atoms with Gasteiger partial charge in [-0.15, -0.1) is 0 Å². The summed E-state index contributed by atoms with van der Waals surface area (Å²) in [5, 5.41) is 3.48. The molecule has 0 aliphatic rings. The Morgan fingerprint density at radius 3 is 2.90 bits per heavy atom. The van der Waals surface area contributed by atoms with Crippen molar-refractivity contribution in [3.8, 4) is 0 Å². The quantitative estimate of drug-likeness (QED) is 0.879. The zero-order chi connectivity index (χ0) is 14.5. The molecule has 2 rings (SSSR count). The second-order valence-corrected chi connectivity index (χ2v) is 5.01. The highest BCUT2D eigenvalue weighted by molar-refractivity contribution is 6.30. The van der Waals surface area contributed by atoms with E-state index < -0.39 is 5.95 Å². The van der Waals surface area contributed by atoms with Crippen molar-refractivity contribution in [2.45, 2.75) is 19.4 Å². The maximum atomic E-state index is 13.0. The summed E-state index contributed by atoms with van der Waals surface area (Å²) >= 11 is 5.91. The number of rotatable bonds is 4. The molecule has 0 saturated heterocycles. The summed E-state index contributed by atoms with van der Waals surface area (Å²) in [6, 6.07) is 9.97. The van der Waals surface area contributed by atoms with Crippen LogP contribution in [0, 0.1) is 5.95 Å². The van der Waals surface area contributed by atoms with Crippen molar-refractivity contribution in [1.82, 2.24) is 10.3 Å². The third-order valence-electron chi connectivity index (χ3n) is 2.80. The van der Waals surface area contributed by atoms with Crippen molar-refractivity contribution in [1.29, 1.82) is 0 Å². The molecule has 0 fully saturated rings. The highest BCUT2D eigenvalue weighted by Gasteiger charge is 2.11. The van der Waals surface area contributed by atoms with E-state index in [-0.39, 0.29) is 17.5 Å². The minimum absolute atomic E-state index is 0.0859. The number of nitrogens with zero attached hydrogens (tertiary/aromatic N) is 1. The van der Waals surface area contributed by atoms with Crippen LogP contribution in [0.25, 0.3) is 0 Å². The minimum atomic E-state index is -0.667. The SMILES string of the molecule is CC(Cc1cccc(Cl)c1)NC(=O)c1ccnc(F)c1. The van der Waals surface area contributed by atoms with Gasteiger partial charge in [-0.05, 0) is 37.1 Å². The second-order valence-electron chi connectivity index (χ2n) is 4.58. The van der Waals surface area contributed by atoms with Gasteiger partial charge in [0.05, 0.1) is 0 Å². The number of hydrogen-bond donors (Lipinski definition) is 1. The van der Waals surface area contributed by atoms with Gasteiger partial charge in [0, 0.05) is 28.9 Å². The standard InChI is InChI=1S/C15H14ClFN2O/c1-10(7-11-3-2-4-13(16)8-11)19-15(20)12-5-6-18-14(17)9-12/h2-6,8-10H,7H2,1H3,(H,19,20). The Morgan fingerprint density at radius 2 is 2.20 bits per heavy atom. The van der Waals surface area contributed by atoms with Crippen LogP contribution >= 0.6 is 11.6 Å². The number of pyridine rings is 1. The number of amides is 1. The molecule has 0 saturated carbocycles. The summed E-state index contributed by atoms with van der Waals surface area (Å²) in [5.74, 6) is -0.985. The number of hydrogen-bond acceptors (Lipinski definition) is 2. The van der Waals surface area contributed by atoms with Gasteiger partial charge in [-0.3, -0.25) is 4.79 Å². The average molecular weight is 293 g/mol. The van der Waals surface area contributed by atoms with Crippen LogP contribution in [-0.2, 0) is 6.42 Å². The molecule has 3 nitrogen and oxygen atoms in total. The van der Waals surface area contributed by atoms with E-state index in [0.29, 0.717) is 11.4 Å². The summed E-state index contributed by atoms with van der Waals surface area (Å²) in [6.45, 7) is 1.89. The lowest BCUT2D eigenvalue weighted by molar-refractivity contribution is 0.0939. The predicted octanol–water partition coefficient (Wildman–Crippen LogP) is 3.24. The van der Waals surface area contributed by atoms with Gasteiger partial charge in [0.25, 0.3) is 5.91 Å². The Morgan fingerprint density at radius 1 is 1.40 bits per heavy atom. The van der Waals surface area contributed by atoms with Crippen LogP contribution in [-0.4, -0.2) is 16.9 Å². The van der Waals surface area contributed by atoms with E-state index >= 15 is 0 Å². The first-order valence-corrected chi connectivity index (χ1v) is 6.59. The molecular weight excluding hydrogens is 279 g/mol. The highest BCUT2D eigenvalue weighted by Crippen LogP contribution is 2.12. The first kappa shape index (κ1) is 14.5. The van der Waals surface area contributed by atoms with Crippen molar-refractivity contribution < 1.29 is 9.18 Å². The van der Waals surface area contributed by atoms with Gasteiger partial charge in [-0.1, -0.05) is 23.7 Å². The van der Waals surface area contributed by atoms with Gasteiger partial charge < -0.3 is 5.32 Å². The van der Waals surface area contributed by atoms with Crippen LogP contribution < -0.4 is 5.32 Å². The zero-order valence-electron chi connectivity index (χ0n) is 10.9. The molecule has 20 heavy (non-hydrogen) atoms. The van der Waals surface area contributed by atoms with Crippen LogP contribution in [0.2, 0.25) is 5.02 Å². The first-order valence-electron chi connectivity index (χ1n) is 6.21. The molecule has 0 bridgehead atoms. The van der Waals surface area contributed by atoms with Crippen molar-refractivity contribution in [3.05, 3.63) is 64.7 Å². The van der Waals surface area contributed by atoms with E-state index in [0.717, 1.165) is 11.6 Å². The van der Waals surface area contributed by atoms with Gasteiger partial charge in [-0.2, -0.15) is 4.39 Å². The molecule has 5 heteroatoms. The first-order chi connectivity index (χ1) is 9.54. The number of halogens is 2. The van der Waals surface area contributed by atoms with Crippen molar-refractivity contribution in [2.75, 3.05) is 0 Å². The lowest BCUT2D eigenvalue weighted by Crippen LogP contribution is -2.34. The van der Waals surface area contributed by atoms with E-state index in [2.05, 4.69) is 10.3 Å². The summed E-state index contributed by atoms with van der Waals surface area (Å²) < 4.78 is 13.0. The van der Waals surface area contributed by atoms with Crippen LogP contribution in [0.15, 0.2) is 42.6 Å². The summed E-state index contributed by atoms with van der Waals surface area (Å²) in [6.07, 6.45) is 1.92. The molecule has 1 unspecified atom stereocenters. The smallest absolute Gasteiger partial charge is 0.251 e. The fourth-order valence-electron chi connectivity index (χ4n) is 1.92. The Labute approximate surface area is 121 Å². The molecule has 1 aromatic carbocycles. The highest BCUT2D eigenvalue weighted by atomic mass is 35.5. The monoisotopic (exact) mass is 292 g/mol. The van der Waals surface area contributed by atoms with Crippen LogP contribution in [0.4, 0.5) is 4.39 Å². The van der Waals surface area contributed by atoms with Gasteiger partial charge in [0.15, 0.2) is 0 Å². The number of aromatic nitrogens is 1. The maximum Gasteiger partial charge on any atom is 0.251 e.